The summed E-state index contributed by atoms with van der Waals surface area (Å²) in [5, 5.41) is 0. The lowest BCUT2D eigenvalue weighted by Crippen LogP contribution is -2.42. The van der Waals surface area contributed by atoms with E-state index in [1.54, 1.807) is 0 Å². The predicted octanol–water partition coefficient (Wildman–Crippen LogP) is 1.75. The first-order valence-electron chi connectivity index (χ1n) is 5.44. The molecule has 0 saturated carbocycles. The summed E-state index contributed by atoms with van der Waals surface area (Å²) in [5.41, 5.74) is 0.520. The Balaban J connectivity index is 2.05. The van der Waals surface area contributed by atoms with Gasteiger partial charge in [0, 0.05) is 5.41 Å². The Hall–Kier alpha value is -0.0800. The van der Waals surface area contributed by atoms with Crippen molar-refractivity contribution in [3.63, 3.8) is 0 Å². The number of hydrogen-bond acceptors (Lipinski definition) is 2. The molecule has 2 fully saturated rings. The summed E-state index contributed by atoms with van der Waals surface area (Å²) >= 11 is 0. The van der Waals surface area contributed by atoms with E-state index in [2.05, 4.69) is 25.8 Å². The smallest absolute Gasteiger partial charge is 0.0578 e. The highest BCUT2D eigenvalue weighted by Gasteiger charge is 2.46. The highest BCUT2D eigenvalue weighted by molar-refractivity contribution is 4.95. The van der Waals surface area contributed by atoms with Crippen LogP contribution in [-0.4, -0.2) is 37.7 Å². The van der Waals surface area contributed by atoms with Gasteiger partial charge in [0.05, 0.1) is 12.7 Å². The Kier molecular flexibility index (Phi) is 2.37. The van der Waals surface area contributed by atoms with Crippen LogP contribution in [0.2, 0.25) is 0 Å². The quantitative estimate of drug-likeness (QED) is 0.567. The van der Waals surface area contributed by atoms with E-state index in [1.807, 2.05) is 0 Å². The van der Waals surface area contributed by atoms with E-state index in [-0.39, 0.29) is 0 Å². The lowest BCUT2D eigenvalue weighted by atomic mass is 9.70. The van der Waals surface area contributed by atoms with Gasteiger partial charge >= 0.3 is 0 Å². The first-order chi connectivity index (χ1) is 6.14. The van der Waals surface area contributed by atoms with E-state index in [0.29, 0.717) is 11.5 Å². The van der Waals surface area contributed by atoms with Crippen LogP contribution in [0, 0.1) is 11.3 Å². The lowest BCUT2D eigenvalue weighted by molar-refractivity contribution is 0.0733. The molecule has 0 aromatic carbocycles. The number of likely N-dealkylation sites (tertiary alicyclic amines) is 1. The molecule has 2 atom stereocenters. The fourth-order valence-corrected chi connectivity index (χ4v) is 2.73. The van der Waals surface area contributed by atoms with Gasteiger partial charge < -0.3 is 9.64 Å². The number of rotatable bonds is 0. The number of piperidine rings is 1. The van der Waals surface area contributed by atoms with Crippen LogP contribution in [0.3, 0.4) is 0 Å². The Morgan fingerprint density at radius 1 is 1.23 bits per heavy atom. The second kappa shape index (κ2) is 3.25. The van der Waals surface area contributed by atoms with Crippen LogP contribution in [-0.2, 0) is 4.74 Å². The number of hydrogen-bond donors (Lipinski definition) is 0. The van der Waals surface area contributed by atoms with Gasteiger partial charge in [0.15, 0.2) is 0 Å². The van der Waals surface area contributed by atoms with Crippen LogP contribution in [0.15, 0.2) is 0 Å². The fourth-order valence-electron chi connectivity index (χ4n) is 2.73. The van der Waals surface area contributed by atoms with E-state index in [1.165, 1.54) is 25.9 Å². The summed E-state index contributed by atoms with van der Waals surface area (Å²) < 4.78 is 5.78. The Morgan fingerprint density at radius 2 is 1.85 bits per heavy atom. The van der Waals surface area contributed by atoms with E-state index < -0.39 is 0 Å². The van der Waals surface area contributed by atoms with Crippen molar-refractivity contribution in [3.8, 4) is 0 Å². The molecular weight excluding hydrogens is 162 g/mol. The molecule has 2 nitrogen and oxygen atoms in total. The molecule has 2 aliphatic rings. The maximum Gasteiger partial charge on any atom is 0.0578 e. The largest absolute Gasteiger partial charge is 0.378 e. The van der Waals surface area contributed by atoms with Gasteiger partial charge in [-0.25, -0.2) is 0 Å². The van der Waals surface area contributed by atoms with Crippen molar-refractivity contribution >= 4 is 0 Å². The summed E-state index contributed by atoms with van der Waals surface area (Å²) in [5.74, 6) is 0.751. The third kappa shape index (κ3) is 1.50. The van der Waals surface area contributed by atoms with Crippen molar-refractivity contribution in [1.82, 2.24) is 4.90 Å². The summed E-state index contributed by atoms with van der Waals surface area (Å²) in [4.78, 5) is 2.43. The molecule has 0 amide bonds. The molecule has 76 valence electrons. The predicted molar refractivity (Wildman–Crippen MR) is 53.7 cm³/mol. The minimum Gasteiger partial charge on any atom is -0.378 e. The van der Waals surface area contributed by atoms with Crippen LogP contribution >= 0.6 is 0 Å². The van der Waals surface area contributed by atoms with Crippen LogP contribution in [0.25, 0.3) is 0 Å². The van der Waals surface area contributed by atoms with Gasteiger partial charge in [-0.05, 0) is 45.8 Å². The Morgan fingerprint density at radius 3 is 2.31 bits per heavy atom. The summed E-state index contributed by atoms with van der Waals surface area (Å²) in [6, 6.07) is 0. The van der Waals surface area contributed by atoms with Gasteiger partial charge in [0.2, 0.25) is 0 Å². The molecule has 2 heteroatoms. The van der Waals surface area contributed by atoms with E-state index in [4.69, 9.17) is 4.74 Å². The van der Waals surface area contributed by atoms with Gasteiger partial charge in [0.1, 0.15) is 0 Å². The van der Waals surface area contributed by atoms with Crippen molar-refractivity contribution in [2.24, 2.45) is 11.3 Å². The molecule has 0 aliphatic carbocycles. The van der Waals surface area contributed by atoms with Gasteiger partial charge in [0.25, 0.3) is 0 Å². The molecule has 0 aromatic rings. The highest BCUT2D eigenvalue weighted by Crippen LogP contribution is 2.45. The zero-order valence-electron chi connectivity index (χ0n) is 9.05. The minimum absolute atomic E-state index is 0.475. The fraction of sp³-hybridized carbons (Fsp3) is 1.00. The van der Waals surface area contributed by atoms with Crippen molar-refractivity contribution in [2.45, 2.75) is 32.8 Å². The SMILES string of the molecule is CC1[C@H](C)OCC12CCN(C)CC2. The second-order valence-electron chi connectivity index (χ2n) is 4.97. The van der Waals surface area contributed by atoms with Crippen molar-refractivity contribution in [3.05, 3.63) is 0 Å². The zero-order valence-corrected chi connectivity index (χ0v) is 9.05. The van der Waals surface area contributed by atoms with Crippen LogP contribution in [0.1, 0.15) is 26.7 Å². The van der Waals surface area contributed by atoms with Crippen LogP contribution < -0.4 is 0 Å². The maximum atomic E-state index is 5.78. The summed E-state index contributed by atoms with van der Waals surface area (Å²) in [6.07, 6.45) is 3.13. The van der Waals surface area contributed by atoms with Crippen LogP contribution in [0.5, 0.6) is 0 Å². The zero-order chi connectivity index (χ0) is 9.47. The van der Waals surface area contributed by atoms with Crippen molar-refractivity contribution in [1.29, 1.82) is 0 Å². The van der Waals surface area contributed by atoms with Gasteiger partial charge in [-0.3, -0.25) is 0 Å². The van der Waals surface area contributed by atoms with Gasteiger partial charge in [-0.15, -0.1) is 0 Å². The molecular formula is C11H21NO. The molecule has 1 unspecified atom stereocenters. The third-order valence-corrected chi connectivity index (χ3v) is 4.29. The third-order valence-electron chi connectivity index (χ3n) is 4.29. The average molecular weight is 183 g/mol. The average Bonchev–Trinajstić information content (AvgIpc) is 2.40. The van der Waals surface area contributed by atoms with E-state index >= 15 is 0 Å². The first-order valence-corrected chi connectivity index (χ1v) is 5.44. The topological polar surface area (TPSA) is 12.5 Å². The molecule has 1 spiro atoms. The Labute approximate surface area is 81.3 Å². The van der Waals surface area contributed by atoms with Gasteiger partial charge in [-0.1, -0.05) is 6.92 Å². The van der Waals surface area contributed by atoms with E-state index in [0.717, 1.165) is 12.5 Å². The molecule has 13 heavy (non-hydrogen) atoms. The molecule has 0 N–H and O–H groups in total. The molecule has 0 bridgehead atoms. The van der Waals surface area contributed by atoms with E-state index in [9.17, 15) is 0 Å². The monoisotopic (exact) mass is 183 g/mol. The molecule has 0 aromatic heterocycles. The molecule has 2 rings (SSSR count). The first kappa shape index (κ1) is 9.47. The summed E-state index contributed by atoms with van der Waals surface area (Å²) in [6.45, 7) is 8.09. The molecule has 2 aliphatic heterocycles. The molecule has 2 saturated heterocycles. The maximum absolute atomic E-state index is 5.78. The number of ether oxygens (including phenoxy) is 1. The minimum atomic E-state index is 0.475. The Bertz CT molecular complexity index is 185. The lowest BCUT2D eigenvalue weighted by Gasteiger charge is -2.40. The van der Waals surface area contributed by atoms with Crippen molar-refractivity contribution in [2.75, 3.05) is 26.7 Å². The van der Waals surface area contributed by atoms with Crippen molar-refractivity contribution < 1.29 is 4.74 Å². The second-order valence-corrected chi connectivity index (χ2v) is 4.97. The number of nitrogens with zero attached hydrogens (tertiary/aromatic N) is 1. The molecule has 2 heterocycles. The van der Waals surface area contributed by atoms with Gasteiger partial charge in [-0.2, -0.15) is 0 Å². The highest BCUT2D eigenvalue weighted by atomic mass is 16.5. The molecule has 0 radical (unpaired) electrons. The van der Waals surface area contributed by atoms with Crippen LogP contribution in [0.4, 0.5) is 0 Å². The normalized spacial score (nSPS) is 39.9. The standard InChI is InChI=1S/C11H21NO/c1-9-10(2)13-8-11(9)4-6-12(3)7-5-11/h9-10H,4-8H2,1-3H3/t9?,10-/m0/s1. The summed E-state index contributed by atoms with van der Waals surface area (Å²) in [7, 11) is 2.22.